The smallest absolute Gasteiger partial charge is 0.311 e. The predicted molar refractivity (Wildman–Crippen MR) is 115 cm³/mol. The van der Waals surface area contributed by atoms with Gasteiger partial charge in [-0.15, -0.1) is 0 Å². The third-order valence-corrected chi connectivity index (χ3v) is 4.82. The average molecular weight is 429 g/mol. The van der Waals surface area contributed by atoms with E-state index < -0.39 is 11.0 Å². The third-order valence-electron chi connectivity index (χ3n) is 4.82. The summed E-state index contributed by atoms with van der Waals surface area (Å²) in [6, 6.07) is 11.1. The van der Waals surface area contributed by atoms with Crippen molar-refractivity contribution in [3.05, 3.63) is 63.7 Å². The van der Waals surface area contributed by atoms with Crippen LogP contribution in [0.1, 0.15) is 24.5 Å². The number of ether oxygens (including phenoxy) is 2. The maximum atomic E-state index is 13.0. The SMILES string of the molecule is CCC(C(=O)NC)N(Cc1ccc(C)cc1)C(=O)COc1ccc([N+](=O)[O-])c(OC)c1. The third kappa shape index (κ3) is 6.18. The molecule has 1 atom stereocenters. The van der Waals surface area contributed by atoms with Gasteiger partial charge in [-0.2, -0.15) is 0 Å². The lowest BCUT2D eigenvalue weighted by atomic mass is 10.1. The van der Waals surface area contributed by atoms with Crippen LogP contribution in [-0.4, -0.2) is 48.4 Å². The fourth-order valence-corrected chi connectivity index (χ4v) is 3.10. The zero-order valence-electron chi connectivity index (χ0n) is 18.1. The van der Waals surface area contributed by atoms with E-state index >= 15 is 0 Å². The van der Waals surface area contributed by atoms with Gasteiger partial charge in [0.1, 0.15) is 11.8 Å². The number of hydrogen-bond donors (Lipinski definition) is 1. The van der Waals surface area contributed by atoms with E-state index in [4.69, 9.17) is 9.47 Å². The molecule has 0 radical (unpaired) electrons. The molecule has 1 unspecified atom stereocenters. The van der Waals surface area contributed by atoms with Crippen LogP contribution in [0.15, 0.2) is 42.5 Å². The van der Waals surface area contributed by atoms with Crippen molar-refractivity contribution in [1.82, 2.24) is 10.2 Å². The van der Waals surface area contributed by atoms with Gasteiger partial charge in [0.25, 0.3) is 5.91 Å². The monoisotopic (exact) mass is 429 g/mol. The number of aryl methyl sites for hydroxylation is 1. The highest BCUT2D eigenvalue weighted by Gasteiger charge is 2.28. The molecule has 0 aromatic heterocycles. The minimum absolute atomic E-state index is 0.0308. The summed E-state index contributed by atoms with van der Waals surface area (Å²) in [6.45, 7) is 3.72. The second-order valence-electron chi connectivity index (χ2n) is 6.92. The van der Waals surface area contributed by atoms with Gasteiger partial charge in [-0.25, -0.2) is 0 Å². The molecule has 1 N–H and O–H groups in total. The minimum atomic E-state index is -0.659. The van der Waals surface area contributed by atoms with Gasteiger partial charge in [-0.05, 0) is 25.0 Å². The van der Waals surface area contributed by atoms with Gasteiger partial charge in [0.15, 0.2) is 6.61 Å². The number of likely N-dealkylation sites (N-methyl/N-ethyl adjacent to an activating group) is 1. The number of nitro benzene ring substituents is 1. The maximum absolute atomic E-state index is 13.0. The summed E-state index contributed by atoms with van der Waals surface area (Å²) in [6.07, 6.45) is 0.433. The van der Waals surface area contributed by atoms with Crippen molar-refractivity contribution in [2.45, 2.75) is 32.9 Å². The van der Waals surface area contributed by atoms with Crippen LogP contribution in [0.5, 0.6) is 11.5 Å². The molecule has 2 aromatic carbocycles. The topological polar surface area (TPSA) is 111 Å². The molecule has 2 aromatic rings. The fraction of sp³-hybridized carbons (Fsp3) is 0.364. The number of benzene rings is 2. The molecular weight excluding hydrogens is 402 g/mol. The van der Waals surface area contributed by atoms with Gasteiger partial charge in [-0.1, -0.05) is 36.8 Å². The Morgan fingerprint density at radius 3 is 2.42 bits per heavy atom. The van der Waals surface area contributed by atoms with E-state index in [1.54, 1.807) is 0 Å². The van der Waals surface area contributed by atoms with Crippen LogP contribution in [-0.2, 0) is 16.1 Å². The number of nitrogens with zero attached hydrogens (tertiary/aromatic N) is 2. The quantitative estimate of drug-likeness (QED) is 0.459. The normalized spacial score (nSPS) is 11.4. The number of methoxy groups -OCH3 is 1. The summed E-state index contributed by atoms with van der Waals surface area (Å²) in [5.74, 6) is -0.365. The Morgan fingerprint density at radius 2 is 1.87 bits per heavy atom. The van der Waals surface area contributed by atoms with Crippen molar-refractivity contribution in [3.63, 3.8) is 0 Å². The van der Waals surface area contributed by atoms with E-state index in [9.17, 15) is 19.7 Å². The molecule has 2 amide bonds. The number of nitrogens with one attached hydrogen (secondary N) is 1. The lowest BCUT2D eigenvalue weighted by Gasteiger charge is -2.30. The van der Waals surface area contributed by atoms with Crippen molar-refractivity contribution in [2.75, 3.05) is 20.8 Å². The fourth-order valence-electron chi connectivity index (χ4n) is 3.10. The van der Waals surface area contributed by atoms with Crippen molar-refractivity contribution >= 4 is 17.5 Å². The van der Waals surface area contributed by atoms with Gasteiger partial charge in [0, 0.05) is 25.7 Å². The first-order chi connectivity index (χ1) is 14.8. The van der Waals surface area contributed by atoms with Gasteiger partial charge < -0.3 is 19.7 Å². The number of nitro groups is 1. The van der Waals surface area contributed by atoms with Crippen LogP contribution in [0.2, 0.25) is 0 Å². The van der Waals surface area contributed by atoms with Crippen molar-refractivity contribution in [1.29, 1.82) is 0 Å². The first kappa shape index (κ1) is 23.7. The molecule has 0 fully saturated rings. The molecule has 2 rings (SSSR count). The van der Waals surface area contributed by atoms with Gasteiger partial charge in [-0.3, -0.25) is 19.7 Å². The molecule has 0 aliphatic carbocycles. The van der Waals surface area contributed by atoms with E-state index in [1.165, 1.54) is 37.3 Å². The summed E-state index contributed by atoms with van der Waals surface area (Å²) >= 11 is 0. The molecule has 0 spiro atoms. The Labute approximate surface area is 181 Å². The van der Waals surface area contributed by atoms with E-state index in [0.29, 0.717) is 6.42 Å². The van der Waals surface area contributed by atoms with E-state index in [-0.39, 0.29) is 42.2 Å². The Bertz CT molecular complexity index is 929. The number of amides is 2. The molecule has 0 aliphatic rings. The molecule has 0 heterocycles. The summed E-state index contributed by atoms with van der Waals surface area (Å²) in [5.41, 5.74) is 1.78. The highest BCUT2D eigenvalue weighted by molar-refractivity contribution is 5.88. The molecule has 0 saturated carbocycles. The molecule has 166 valence electrons. The Balaban J connectivity index is 2.21. The summed E-state index contributed by atoms with van der Waals surface area (Å²) in [4.78, 5) is 37.3. The maximum Gasteiger partial charge on any atom is 0.311 e. The molecule has 0 saturated heterocycles. The zero-order valence-corrected chi connectivity index (χ0v) is 18.1. The van der Waals surface area contributed by atoms with Gasteiger partial charge >= 0.3 is 5.69 Å². The number of carbonyl (C=O) groups excluding carboxylic acids is 2. The van der Waals surface area contributed by atoms with Gasteiger partial charge in [0.2, 0.25) is 11.7 Å². The highest BCUT2D eigenvalue weighted by atomic mass is 16.6. The molecular formula is C22H27N3O6. The van der Waals surface area contributed by atoms with Crippen LogP contribution >= 0.6 is 0 Å². The molecule has 9 nitrogen and oxygen atoms in total. The molecule has 0 aliphatic heterocycles. The summed E-state index contributed by atoms with van der Waals surface area (Å²) in [5, 5.41) is 13.6. The molecule has 31 heavy (non-hydrogen) atoms. The lowest BCUT2D eigenvalue weighted by Crippen LogP contribution is -2.49. The Morgan fingerprint density at radius 1 is 1.19 bits per heavy atom. The summed E-state index contributed by atoms with van der Waals surface area (Å²) < 4.78 is 10.6. The zero-order chi connectivity index (χ0) is 23.0. The number of hydrogen-bond acceptors (Lipinski definition) is 6. The summed E-state index contributed by atoms with van der Waals surface area (Å²) in [7, 11) is 2.84. The first-order valence-electron chi connectivity index (χ1n) is 9.82. The second-order valence-corrected chi connectivity index (χ2v) is 6.92. The average Bonchev–Trinajstić information content (AvgIpc) is 2.77. The largest absolute Gasteiger partial charge is 0.490 e. The van der Waals surface area contributed by atoms with E-state index in [0.717, 1.165) is 11.1 Å². The number of carbonyl (C=O) groups is 2. The molecule has 0 bridgehead atoms. The first-order valence-corrected chi connectivity index (χ1v) is 9.82. The van der Waals surface area contributed by atoms with Crippen LogP contribution in [0.25, 0.3) is 0 Å². The highest BCUT2D eigenvalue weighted by Crippen LogP contribution is 2.30. The van der Waals surface area contributed by atoms with Crippen molar-refractivity contribution in [3.8, 4) is 11.5 Å². The predicted octanol–water partition coefficient (Wildman–Crippen LogP) is 2.84. The standard InChI is InChI=1S/C22H27N3O6/c1-5-18(22(27)23-3)24(13-16-8-6-15(2)7-9-16)21(26)14-31-17-10-11-19(25(28)29)20(12-17)30-4/h6-12,18H,5,13-14H2,1-4H3,(H,23,27). The van der Waals surface area contributed by atoms with Crippen LogP contribution in [0, 0.1) is 17.0 Å². The van der Waals surface area contributed by atoms with Crippen molar-refractivity contribution < 1.29 is 24.0 Å². The molecule has 9 heteroatoms. The lowest BCUT2D eigenvalue weighted by molar-refractivity contribution is -0.385. The van der Waals surface area contributed by atoms with Crippen molar-refractivity contribution in [2.24, 2.45) is 0 Å². The van der Waals surface area contributed by atoms with Gasteiger partial charge in [0.05, 0.1) is 12.0 Å². The van der Waals surface area contributed by atoms with Crippen LogP contribution in [0.4, 0.5) is 5.69 Å². The van der Waals surface area contributed by atoms with Crippen LogP contribution in [0.3, 0.4) is 0 Å². The number of rotatable bonds is 10. The Hall–Kier alpha value is -3.62. The van der Waals surface area contributed by atoms with Crippen LogP contribution < -0.4 is 14.8 Å². The van der Waals surface area contributed by atoms with E-state index in [1.807, 2.05) is 38.1 Å². The minimum Gasteiger partial charge on any atom is -0.490 e. The van der Waals surface area contributed by atoms with E-state index in [2.05, 4.69) is 5.32 Å². The second kappa shape index (κ2) is 11.0. The Kier molecular flexibility index (Phi) is 8.36.